The quantitative estimate of drug-likeness (QED) is 0.608. The van der Waals surface area contributed by atoms with Gasteiger partial charge in [0.1, 0.15) is 12.1 Å². The molecule has 0 saturated carbocycles. The highest BCUT2D eigenvalue weighted by Crippen LogP contribution is 2.15. The van der Waals surface area contributed by atoms with E-state index in [0.29, 0.717) is 5.16 Å². The lowest BCUT2D eigenvalue weighted by Gasteiger charge is -2.03. The molecular formula is C12H12F2N4OS. The van der Waals surface area contributed by atoms with Gasteiger partial charge < -0.3 is 4.74 Å². The van der Waals surface area contributed by atoms with Crippen molar-refractivity contribution in [3.05, 3.63) is 36.2 Å². The van der Waals surface area contributed by atoms with E-state index >= 15 is 0 Å². The summed E-state index contributed by atoms with van der Waals surface area (Å²) < 4.78 is 29.8. The van der Waals surface area contributed by atoms with E-state index in [1.54, 1.807) is 23.0 Å². The van der Waals surface area contributed by atoms with Crippen molar-refractivity contribution in [1.82, 2.24) is 14.9 Å². The fourth-order valence-electron chi connectivity index (χ4n) is 1.39. The molecule has 0 unspecified atom stereocenters. The Kier molecular flexibility index (Phi) is 5.05. The summed E-state index contributed by atoms with van der Waals surface area (Å²) in [5.74, 6) is 0.983. The smallest absolute Gasteiger partial charge is 0.387 e. The van der Waals surface area contributed by atoms with Gasteiger partial charge in [0.25, 0.3) is 0 Å². The Bertz CT molecular complexity index is 571. The maximum absolute atomic E-state index is 12.0. The van der Waals surface area contributed by atoms with Gasteiger partial charge >= 0.3 is 6.61 Å². The van der Waals surface area contributed by atoms with Gasteiger partial charge in [0, 0.05) is 0 Å². The number of aromatic nitrogens is 3. The number of rotatable bonds is 6. The number of halogens is 2. The summed E-state index contributed by atoms with van der Waals surface area (Å²) in [5.41, 5.74) is 0.757. The second-order valence-electron chi connectivity index (χ2n) is 3.58. The zero-order valence-corrected chi connectivity index (χ0v) is 11.4. The third kappa shape index (κ3) is 4.02. The first-order valence-corrected chi connectivity index (χ1v) is 6.79. The molecule has 0 spiro atoms. The molecule has 0 saturated heterocycles. The van der Waals surface area contributed by atoms with Crippen molar-refractivity contribution in [2.75, 3.05) is 5.75 Å². The van der Waals surface area contributed by atoms with Crippen LogP contribution in [0, 0.1) is 0 Å². The van der Waals surface area contributed by atoms with Crippen LogP contribution < -0.4 is 4.74 Å². The summed E-state index contributed by atoms with van der Waals surface area (Å²) in [6.45, 7) is -0.810. The van der Waals surface area contributed by atoms with Crippen molar-refractivity contribution in [3.8, 4) is 5.75 Å². The third-order valence-corrected chi connectivity index (χ3v) is 3.03. The number of alkyl halides is 2. The summed E-state index contributed by atoms with van der Waals surface area (Å²) in [5, 5.41) is 12.6. The number of benzene rings is 1. The van der Waals surface area contributed by atoms with Crippen LogP contribution in [0.3, 0.4) is 0 Å². The van der Waals surface area contributed by atoms with Gasteiger partial charge in [0.05, 0.1) is 6.21 Å². The maximum atomic E-state index is 12.0. The lowest BCUT2D eigenvalue weighted by Crippen LogP contribution is -2.01. The number of thioether (sulfide) groups is 1. The van der Waals surface area contributed by atoms with Crippen molar-refractivity contribution in [2.24, 2.45) is 5.10 Å². The number of ether oxygens (including phenoxy) is 1. The normalized spacial score (nSPS) is 11.4. The van der Waals surface area contributed by atoms with Crippen molar-refractivity contribution >= 4 is 18.0 Å². The van der Waals surface area contributed by atoms with Gasteiger partial charge in [0.2, 0.25) is 5.16 Å². The minimum Gasteiger partial charge on any atom is -0.435 e. The van der Waals surface area contributed by atoms with E-state index in [-0.39, 0.29) is 5.75 Å². The van der Waals surface area contributed by atoms with E-state index in [1.165, 1.54) is 30.2 Å². The average Bonchev–Trinajstić information content (AvgIpc) is 2.85. The molecule has 0 N–H and O–H groups in total. The molecule has 1 heterocycles. The van der Waals surface area contributed by atoms with Crippen LogP contribution in [0.2, 0.25) is 0 Å². The van der Waals surface area contributed by atoms with Crippen molar-refractivity contribution in [2.45, 2.75) is 18.7 Å². The van der Waals surface area contributed by atoms with E-state index < -0.39 is 6.61 Å². The summed E-state index contributed by atoms with van der Waals surface area (Å²) in [4.78, 5) is 0. The largest absolute Gasteiger partial charge is 0.435 e. The van der Waals surface area contributed by atoms with Gasteiger partial charge in [-0.3, -0.25) is 0 Å². The molecule has 0 aliphatic rings. The molecule has 1 aromatic carbocycles. The molecule has 20 heavy (non-hydrogen) atoms. The molecule has 5 nitrogen and oxygen atoms in total. The highest BCUT2D eigenvalue weighted by atomic mass is 32.2. The van der Waals surface area contributed by atoms with Crippen LogP contribution in [-0.2, 0) is 0 Å². The molecule has 0 bridgehead atoms. The van der Waals surface area contributed by atoms with Gasteiger partial charge in [-0.25, -0.2) is 0 Å². The molecule has 0 fully saturated rings. The number of nitrogens with zero attached hydrogens (tertiary/aromatic N) is 4. The molecule has 2 rings (SSSR count). The van der Waals surface area contributed by atoms with Crippen molar-refractivity contribution < 1.29 is 13.5 Å². The Labute approximate surface area is 118 Å². The molecule has 106 valence electrons. The Balaban J connectivity index is 2.05. The summed E-state index contributed by atoms with van der Waals surface area (Å²) >= 11 is 1.53. The Hall–Kier alpha value is -1.96. The predicted octanol–water partition coefficient (Wildman–Crippen LogP) is 2.87. The molecule has 8 heteroatoms. The van der Waals surface area contributed by atoms with Crippen molar-refractivity contribution in [1.29, 1.82) is 0 Å². The lowest BCUT2D eigenvalue weighted by molar-refractivity contribution is -0.0498. The van der Waals surface area contributed by atoms with E-state index in [1.807, 2.05) is 6.92 Å². The zero-order valence-electron chi connectivity index (χ0n) is 10.6. The van der Waals surface area contributed by atoms with Crippen LogP contribution in [0.1, 0.15) is 12.5 Å². The average molecular weight is 298 g/mol. The number of hydrogen-bond acceptors (Lipinski definition) is 5. The zero-order chi connectivity index (χ0) is 14.4. The Morgan fingerprint density at radius 2 is 2.15 bits per heavy atom. The molecule has 2 aromatic rings. The fourth-order valence-corrected chi connectivity index (χ4v) is 1.98. The van der Waals surface area contributed by atoms with Gasteiger partial charge in [-0.2, -0.15) is 18.6 Å². The van der Waals surface area contributed by atoms with Crippen LogP contribution in [0.4, 0.5) is 8.78 Å². The van der Waals surface area contributed by atoms with Crippen LogP contribution in [0.15, 0.2) is 40.9 Å². The van der Waals surface area contributed by atoms with Gasteiger partial charge in [-0.15, -0.1) is 10.2 Å². The molecule has 0 atom stereocenters. The molecule has 0 aliphatic carbocycles. The van der Waals surface area contributed by atoms with E-state index in [4.69, 9.17) is 0 Å². The van der Waals surface area contributed by atoms with E-state index in [2.05, 4.69) is 20.0 Å². The maximum Gasteiger partial charge on any atom is 0.387 e. The highest BCUT2D eigenvalue weighted by Gasteiger charge is 2.03. The van der Waals surface area contributed by atoms with E-state index in [9.17, 15) is 8.78 Å². The minimum atomic E-state index is -2.82. The Morgan fingerprint density at radius 3 is 2.80 bits per heavy atom. The standard InChI is InChI=1S/C12H12F2N4OS/c1-2-20-12-17-15-8-18(12)16-7-9-3-5-10(6-4-9)19-11(13)14/h3-8,11H,2H2,1H3/b16-7+. The second kappa shape index (κ2) is 6.99. The topological polar surface area (TPSA) is 52.3 Å². The van der Waals surface area contributed by atoms with Crippen molar-refractivity contribution in [3.63, 3.8) is 0 Å². The predicted molar refractivity (Wildman–Crippen MR) is 72.5 cm³/mol. The lowest BCUT2D eigenvalue weighted by atomic mass is 10.2. The Morgan fingerprint density at radius 1 is 1.40 bits per heavy atom. The van der Waals surface area contributed by atoms with Crippen LogP contribution in [0.25, 0.3) is 0 Å². The SMILES string of the molecule is CCSc1nncn1/N=C/c1ccc(OC(F)F)cc1. The second-order valence-corrected chi connectivity index (χ2v) is 4.81. The summed E-state index contributed by atoms with van der Waals surface area (Å²) in [6.07, 6.45) is 3.10. The molecule has 0 amide bonds. The van der Waals surface area contributed by atoms with Crippen LogP contribution in [-0.4, -0.2) is 33.5 Å². The third-order valence-electron chi connectivity index (χ3n) is 2.21. The number of hydrogen-bond donors (Lipinski definition) is 0. The summed E-state index contributed by atoms with van der Waals surface area (Å²) in [6, 6.07) is 6.19. The van der Waals surface area contributed by atoms with E-state index in [0.717, 1.165) is 11.3 Å². The van der Waals surface area contributed by atoms with Crippen LogP contribution in [0.5, 0.6) is 5.75 Å². The van der Waals surface area contributed by atoms with Gasteiger partial charge in [-0.1, -0.05) is 18.7 Å². The molecule has 1 aromatic heterocycles. The molecular weight excluding hydrogens is 286 g/mol. The van der Waals surface area contributed by atoms with Gasteiger partial charge in [0.15, 0.2) is 0 Å². The minimum absolute atomic E-state index is 0.115. The first-order chi connectivity index (χ1) is 9.69. The highest BCUT2D eigenvalue weighted by molar-refractivity contribution is 7.99. The van der Waals surface area contributed by atoms with Crippen LogP contribution >= 0.6 is 11.8 Å². The summed E-state index contributed by atoms with van der Waals surface area (Å²) in [7, 11) is 0. The molecule has 0 radical (unpaired) electrons. The fraction of sp³-hybridized carbons (Fsp3) is 0.250. The monoisotopic (exact) mass is 298 g/mol. The van der Waals surface area contributed by atoms with Gasteiger partial charge in [-0.05, 0) is 35.6 Å². The first kappa shape index (κ1) is 14.4. The molecule has 0 aliphatic heterocycles. The first-order valence-electron chi connectivity index (χ1n) is 5.81.